The van der Waals surface area contributed by atoms with E-state index in [0.717, 1.165) is 30.9 Å². The summed E-state index contributed by atoms with van der Waals surface area (Å²) in [6.07, 6.45) is 0.955. The Hall–Kier alpha value is -1.59. The van der Waals surface area contributed by atoms with Crippen molar-refractivity contribution in [2.45, 2.75) is 19.4 Å². The number of benzene rings is 1. The zero-order chi connectivity index (χ0) is 14.5. The summed E-state index contributed by atoms with van der Waals surface area (Å²) in [7, 11) is 1.62. The third-order valence-corrected chi connectivity index (χ3v) is 3.80. The molecule has 5 heteroatoms. The Kier molecular flexibility index (Phi) is 4.98. The van der Waals surface area contributed by atoms with Gasteiger partial charge in [0.15, 0.2) is 0 Å². The average molecular weight is 277 g/mol. The zero-order valence-electron chi connectivity index (χ0n) is 12.1. The van der Waals surface area contributed by atoms with Crippen LogP contribution in [-0.4, -0.2) is 43.6 Å². The highest BCUT2D eigenvalue weighted by atomic mass is 16.5. The number of hydrogen-bond acceptors (Lipinski definition) is 4. The van der Waals surface area contributed by atoms with Gasteiger partial charge in [0.1, 0.15) is 5.75 Å². The third-order valence-electron chi connectivity index (χ3n) is 3.80. The van der Waals surface area contributed by atoms with Crippen LogP contribution in [0.25, 0.3) is 0 Å². The van der Waals surface area contributed by atoms with Crippen LogP contribution in [0.4, 0.5) is 5.69 Å². The van der Waals surface area contributed by atoms with Crippen molar-refractivity contribution in [1.29, 1.82) is 0 Å². The van der Waals surface area contributed by atoms with Crippen LogP contribution >= 0.6 is 0 Å². The van der Waals surface area contributed by atoms with Crippen LogP contribution in [0.3, 0.4) is 0 Å². The van der Waals surface area contributed by atoms with Crippen molar-refractivity contribution in [1.82, 2.24) is 4.90 Å². The number of nitrogens with two attached hydrogens (primary N) is 1. The fraction of sp³-hybridized carbons (Fsp3) is 0.533. The van der Waals surface area contributed by atoms with E-state index < -0.39 is 0 Å². The predicted octanol–water partition coefficient (Wildman–Crippen LogP) is 1.30. The summed E-state index contributed by atoms with van der Waals surface area (Å²) < 4.78 is 5.08. The molecule has 1 aliphatic rings. The molecule has 20 heavy (non-hydrogen) atoms. The maximum atomic E-state index is 12.0. The van der Waals surface area contributed by atoms with E-state index in [0.29, 0.717) is 12.5 Å². The first-order valence-corrected chi connectivity index (χ1v) is 7.00. The summed E-state index contributed by atoms with van der Waals surface area (Å²) in [6.45, 7) is 4.33. The van der Waals surface area contributed by atoms with Crippen LogP contribution in [-0.2, 0) is 4.79 Å². The summed E-state index contributed by atoms with van der Waals surface area (Å²) in [5.74, 6) is 1.23. The number of hydrogen-bond donors (Lipinski definition) is 2. The first-order chi connectivity index (χ1) is 9.58. The number of rotatable bonds is 4. The number of anilines is 1. The number of carbonyl (C=O) groups is 1. The Morgan fingerprint density at radius 1 is 1.45 bits per heavy atom. The van der Waals surface area contributed by atoms with E-state index in [9.17, 15) is 4.79 Å². The van der Waals surface area contributed by atoms with Crippen molar-refractivity contribution in [3.05, 3.63) is 24.3 Å². The third kappa shape index (κ3) is 3.95. The second-order valence-corrected chi connectivity index (χ2v) is 5.44. The lowest BCUT2D eigenvalue weighted by molar-refractivity contribution is -0.117. The molecular weight excluding hydrogens is 254 g/mol. The van der Waals surface area contributed by atoms with Gasteiger partial charge in [-0.05, 0) is 36.6 Å². The number of amides is 1. The number of nitrogens with one attached hydrogen (secondary N) is 1. The minimum Gasteiger partial charge on any atom is -0.497 e. The maximum absolute atomic E-state index is 12.0. The Balaban J connectivity index is 1.82. The number of likely N-dealkylation sites (tertiary alicyclic amines) is 1. The topological polar surface area (TPSA) is 67.6 Å². The monoisotopic (exact) mass is 277 g/mol. The van der Waals surface area contributed by atoms with Gasteiger partial charge in [-0.3, -0.25) is 9.69 Å². The van der Waals surface area contributed by atoms with Gasteiger partial charge in [-0.2, -0.15) is 0 Å². The summed E-state index contributed by atoms with van der Waals surface area (Å²) in [6, 6.07) is 7.60. The Labute approximate surface area is 120 Å². The van der Waals surface area contributed by atoms with Crippen molar-refractivity contribution in [2.24, 2.45) is 11.7 Å². The van der Waals surface area contributed by atoms with Gasteiger partial charge in [0, 0.05) is 24.8 Å². The summed E-state index contributed by atoms with van der Waals surface area (Å²) in [4.78, 5) is 14.2. The molecule has 1 aromatic carbocycles. The van der Waals surface area contributed by atoms with E-state index in [2.05, 4.69) is 17.1 Å². The second-order valence-electron chi connectivity index (χ2n) is 5.44. The molecule has 0 aliphatic carbocycles. The van der Waals surface area contributed by atoms with E-state index in [-0.39, 0.29) is 11.9 Å². The van der Waals surface area contributed by atoms with E-state index in [1.807, 2.05) is 24.3 Å². The minimum atomic E-state index is 0.0119. The van der Waals surface area contributed by atoms with Crippen LogP contribution in [0.15, 0.2) is 24.3 Å². The predicted molar refractivity (Wildman–Crippen MR) is 79.8 cm³/mol. The van der Waals surface area contributed by atoms with Gasteiger partial charge in [0.25, 0.3) is 0 Å². The van der Waals surface area contributed by atoms with Crippen molar-refractivity contribution >= 4 is 11.6 Å². The molecule has 2 unspecified atom stereocenters. The van der Waals surface area contributed by atoms with Gasteiger partial charge >= 0.3 is 0 Å². The molecule has 1 aromatic rings. The molecule has 1 heterocycles. The average Bonchev–Trinajstić information content (AvgIpc) is 2.44. The van der Waals surface area contributed by atoms with Gasteiger partial charge in [0.05, 0.1) is 13.7 Å². The fourth-order valence-electron chi connectivity index (χ4n) is 2.47. The summed E-state index contributed by atoms with van der Waals surface area (Å²) in [5.41, 5.74) is 6.77. The molecule has 2 atom stereocenters. The SMILES string of the molecule is COc1ccc(NC(=O)CN2CCC(N)C(C)C2)cc1. The smallest absolute Gasteiger partial charge is 0.238 e. The molecule has 0 spiro atoms. The Bertz CT molecular complexity index is 447. The summed E-state index contributed by atoms with van der Waals surface area (Å²) in [5, 5.41) is 2.90. The molecule has 2 rings (SSSR count). The van der Waals surface area contributed by atoms with E-state index in [1.165, 1.54) is 0 Å². The van der Waals surface area contributed by atoms with Gasteiger partial charge in [-0.15, -0.1) is 0 Å². The molecule has 1 aliphatic heterocycles. The van der Waals surface area contributed by atoms with Crippen molar-refractivity contribution in [3.8, 4) is 5.75 Å². The molecule has 0 saturated carbocycles. The van der Waals surface area contributed by atoms with Crippen LogP contribution in [0.5, 0.6) is 5.75 Å². The quantitative estimate of drug-likeness (QED) is 0.870. The van der Waals surface area contributed by atoms with Crippen LogP contribution in [0.2, 0.25) is 0 Å². The van der Waals surface area contributed by atoms with E-state index in [4.69, 9.17) is 10.5 Å². The largest absolute Gasteiger partial charge is 0.497 e. The van der Waals surface area contributed by atoms with Crippen molar-refractivity contribution in [3.63, 3.8) is 0 Å². The highest BCUT2D eigenvalue weighted by molar-refractivity contribution is 5.92. The first-order valence-electron chi connectivity index (χ1n) is 7.00. The molecule has 1 amide bonds. The first kappa shape index (κ1) is 14.8. The van der Waals surface area contributed by atoms with Crippen LogP contribution in [0, 0.1) is 5.92 Å². The molecule has 1 saturated heterocycles. The molecule has 0 bridgehead atoms. The number of nitrogens with zero attached hydrogens (tertiary/aromatic N) is 1. The highest BCUT2D eigenvalue weighted by Gasteiger charge is 2.24. The standard InChI is InChI=1S/C15H23N3O2/c1-11-9-18(8-7-14(11)16)10-15(19)17-12-3-5-13(20-2)6-4-12/h3-6,11,14H,7-10,16H2,1-2H3,(H,17,19). The number of carbonyl (C=O) groups excluding carboxylic acids is 1. The van der Waals surface area contributed by atoms with Crippen molar-refractivity contribution < 1.29 is 9.53 Å². The molecule has 0 radical (unpaired) electrons. The van der Waals surface area contributed by atoms with Crippen molar-refractivity contribution in [2.75, 3.05) is 32.1 Å². The Morgan fingerprint density at radius 2 is 2.15 bits per heavy atom. The van der Waals surface area contributed by atoms with E-state index >= 15 is 0 Å². The molecule has 3 N–H and O–H groups in total. The highest BCUT2D eigenvalue weighted by Crippen LogP contribution is 2.16. The van der Waals surface area contributed by atoms with Crippen LogP contribution < -0.4 is 15.8 Å². The fourth-order valence-corrected chi connectivity index (χ4v) is 2.47. The molecule has 5 nitrogen and oxygen atoms in total. The zero-order valence-corrected chi connectivity index (χ0v) is 12.1. The minimum absolute atomic E-state index is 0.0119. The van der Waals surface area contributed by atoms with E-state index in [1.54, 1.807) is 7.11 Å². The van der Waals surface area contributed by atoms with Gasteiger partial charge in [-0.25, -0.2) is 0 Å². The molecular formula is C15H23N3O2. The number of piperidine rings is 1. The lowest BCUT2D eigenvalue weighted by Gasteiger charge is -2.34. The lowest BCUT2D eigenvalue weighted by atomic mass is 9.95. The molecule has 1 fully saturated rings. The second kappa shape index (κ2) is 6.72. The normalized spacial score (nSPS) is 23.4. The van der Waals surface area contributed by atoms with Gasteiger partial charge < -0.3 is 15.8 Å². The van der Waals surface area contributed by atoms with Crippen LogP contribution in [0.1, 0.15) is 13.3 Å². The summed E-state index contributed by atoms with van der Waals surface area (Å²) >= 11 is 0. The van der Waals surface area contributed by atoms with Gasteiger partial charge in [0.2, 0.25) is 5.91 Å². The molecule has 0 aromatic heterocycles. The number of ether oxygens (including phenoxy) is 1. The maximum Gasteiger partial charge on any atom is 0.238 e. The molecule has 110 valence electrons. The Morgan fingerprint density at radius 3 is 2.75 bits per heavy atom. The number of methoxy groups -OCH3 is 1. The lowest BCUT2D eigenvalue weighted by Crippen LogP contribution is -2.48. The van der Waals surface area contributed by atoms with Gasteiger partial charge in [-0.1, -0.05) is 6.92 Å².